The van der Waals surface area contributed by atoms with E-state index in [1.807, 2.05) is 18.4 Å². The predicted molar refractivity (Wildman–Crippen MR) is 100 cm³/mol. The van der Waals surface area contributed by atoms with Crippen LogP contribution in [-0.4, -0.2) is 52.1 Å². The molecule has 0 saturated carbocycles. The number of pyridine rings is 1. The Morgan fingerprint density at radius 3 is 2.96 bits per heavy atom. The number of carbonyl (C=O) groups excluding carboxylic acids is 1. The van der Waals surface area contributed by atoms with Crippen LogP contribution in [0.4, 0.5) is 10.3 Å². The molecule has 0 spiro atoms. The SMILES string of the molecule is COC1CN(C(=O)c2nc(NC(C)c3cncc(F)c3)nc3ccsc23)C1. The van der Waals surface area contributed by atoms with Crippen molar-refractivity contribution in [3.63, 3.8) is 0 Å². The second-order valence-corrected chi connectivity index (χ2v) is 7.32. The highest BCUT2D eigenvalue weighted by Crippen LogP contribution is 2.27. The van der Waals surface area contributed by atoms with Gasteiger partial charge in [0.1, 0.15) is 5.82 Å². The summed E-state index contributed by atoms with van der Waals surface area (Å²) in [5.74, 6) is -0.220. The van der Waals surface area contributed by atoms with Gasteiger partial charge in [-0.2, -0.15) is 0 Å². The van der Waals surface area contributed by atoms with Gasteiger partial charge in [0.2, 0.25) is 5.95 Å². The van der Waals surface area contributed by atoms with Crippen LogP contribution in [0.2, 0.25) is 0 Å². The van der Waals surface area contributed by atoms with E-state index in [0.717, 1.165) is 10.9 Å². The number of aromatic nitrogens is 3. The summed E-state index contributed by atoms with van der Waals surface area (Å²) in [5.41, 5.74) is 1.74. The number of amides is 1. The Morgan fingerprint density at radius 1 is 1.41 bits per heavy atom. The summed E-state index contributed by atoms with van der Waals surface area (Å²) in [6.07, 6.45) is 2.81. The highest BCUT2D eigenvalue weighted by atomic mass is 32.1. The highest BCUT2D eigenvalue weighted by Gasteiger charge is 2.33. The summed E-state index contributed by atoms with van der Waals surface area (Å²) >= 11 is 1.44. The molecule has 1 aliphatic rings. The third-order valence-corrected chi connectivity index (χ3v) is 5.46. The molecule has 27 heavy (non-hydrogen) atoms. The lowest BCUT2D eigenvalue weighted by atomic mass is 10.1. The molecule has 1 atom stereocenters. The molecule has 3 aromatic rings. The Bertz CT molecular complexity index is 989. The van der Waals surface area contributed by atoms with Crippen LogP contribution in [0, 0.1) is 5.82 Å². The van der Waals surface area contributed by atoms with Gasteiger partial charge in [0.05, 0.1) is 28.6 Å². The minimum atomic E-state index is -0.406. The minimum Gasteiger partial charge on any atom is -0.378 e. The van der Waals surface area contributed by atoms with Crippen molar-refractivity contribution in [2.24, 2.45) is 0 Å². The van der Waals surface area contributed by atoms with Crippen LogP contribution in [0.25, 0.3) is 10.2 Å². The normalized spacial score (nSPS) is 15.6. The number of likely N-dealkylation sites (tertiary alicyclic amines) is 1. The monoisotopic (exact) mass is 387 g/mol. The molecule has 9 heteroatoms. The lowest BCUT2D eigenvalue weighted by Gasteiger charge is -2.37. The maximum atomic E-state index is 13.4. The second-order valence-electron chi connectivity index (χ2n) is 6.40. The van der Waals surface area contributed by atoms with E-state index in [1.165, 1.54) is 17.4 Å². The number of ether oxygens (including phenoxy) is 1. The van der Waals surface area contributed by atoms with Gasteiger partial charge in [0, 0.05) is 26.4 Å². The van der Waals surface area contributed by atoms with Gasteiger partial charge in [0.15, 0.2) is 5.69 Å². The number of nitrogens with zero attached hydrogens (tertiary/aromatic N) is 4. The van der Waals surface area contributed by atoms with Gasteiger partial charge in [-0.05, 0) is 30.0 Å². The van der Waals surface area contributed by atoms with Crippen LogP contribution < -0.4 is 5.32 Å². The van der Waals surface area contributed by atoms with Crippen LogP contribution in [0.1, 0.15) is 29.0 Å². The van der Waals surface area contributed by atoms with Crippen molar-refractivity contribution in [1.29, 1.82) is 0 Å². The maximum Gasteiger partial charge on any atom is 0.274 e. The minimum absolute atomic E-state index is 0.0766. The number of methoxy groups -OCH3 is 1. The third-order valence-electron chi connectivity index (χ3n) is 4.55. The number of fused-ring (bicyclic) bond motifs is 1. The molecule has 0 aromatic carbocycles. The zero-order valence-electron chi connectivity index (χ0n) is 14.8. The van der Waals surface area contributed by atoms with Gasteiger partial charge in [-0.25, -0.2) is 14.4 Å². The van der Waals surface area contributed by atoms with Gasteiger partial charge in [-0.15, -0.1) is 11.3 Å². The van der Waals surface area contributed by atoms with E-state index in [4.69, 9.17) is 4.74 Å². The standard InChI is InChI=1S/C18H18FN5O2S/c1-10(11-5-12(19)7-20-6-11)21-18-22-14-3-4-27-16(14)15(23-18)17(25)24-8-13(9-24)26-2/h3-7,10,13H,8-9H2,1-2H3,(H,21,22,23). The molecule has 1 saturated heterocycles. The molecule has 0 bridgehead atoms. The van der Waals surface area contributed by atoms with Gasteiger partial charge in [-0.1, -0.05) is 0 Å². The van der Waals surface area contributed by atoms with E-state index in [2.05, 4.69) is 20.3 Å². The van der Waals surface area contributed by atoms with Crippen molar-refractivity contribution in [1.82, 2.24) is 19.9 Å². The number of thiophene rings is 1. The second kappa shape index (κ2) is 7.16. The van der Waals surface area contributed by atoms with Crippen molar-refractivity contribution in [2.45, 2.75) is 19.1 Å². The smallest absolute Gasteiger partial charge is 0.274 e. The number of hydrogen-bond donors (Lipinski definition) is 1. The van der Waals surface area contributed by atoms with E-state index >= 15 is 0 Å². The molecular weight excluding hydrogens is 369 g/mol. The number of carbonyl (C=O) groups is 1. The Balaban J connectivity index is 1.61. The first-order valence-electron chi connectivity index (χ1n) is 8.49. The summed E-state index contributed by atoms with van der Waals surface area (Å²) in [6.45, 7) is 2.97. The fraction of sp³-hybridized carbons (Fsp3) is 0.333. The number of hydrogen-bond acceptors (Lipinski definition) is 7. The van der Waals surface area contributed by atoms with Crippen molar-refractivity contribution in [2.75, 3.05) is 25.5 Å². The molecule has 4 rings (SSSR count). The molecule has 140 valence electrons. The maximum absolute atomic E-state index is 13.4. The van der Waals surface area contributed by atoms with Crippen LogP contribution in [0.15, 0.2) is 29.9 Å². The van der Waals surface area contributed by atoms with E-state index < -0.39 is 5.82 Å². The Kier molecular flexibility index (Phi) is 4.71. The van der Waals surface area contributed by atoms with Crippen LogP contribution in [-0.2, 0) is 4.74 Å². The van der Waals surface area contributed by atoms with Gasteiger partial charge in [0.25, 0.3) is 5.91 Å². The summed E-state index contributed by atoms with van der Waals surface area (Å²) in [4.78, 5) is 27.4. The van der Waals surface area contributed by atoms with Gasteiger partial charge in [-0.3, -0.25) is 9.78 Å². The number of nitrogens with one attached hydrogen (secondary N) is 1. The number of halogens is 1. The van der Waals surface area contributed by atoms with E-state index in [9.17, 15) is 9.18 Å². The molecule has 0 aliphatic carbocycles. The molecular formula is C18H18FN5O2S. The first kappa shape index (κ1) is 17.7. The molecule has 1 fully saturated rings. The predicted octanol–water partition coefficient (Wildman–Crippen LogP) is 2.87. The Morgan fingerprint density at radius 2 is 2.22 bits per heavy atom. The van der Waals surface area contributed by atoms with E-state index in [-0.39, 0.29) is 18.1 Å². The van der Waals surface area contributed by atoms with Crippen LogP contribution in [0.3, 0.4) is 0 Å². The van der Waals surface area contributed by atoms with Gasteiger partial charge < -0.3 is 15.0 Å². The Hall–Kier alpha value is -2.65. The van der Waals surface area contributed by atoms with Gasteiger partial charge >= 0.3 is 0 Å². The molecule has 1 unspecified atom stereocenters. The van der Waals surface area contributed by atoms with Crippen LogP contribution in [0.5, 0.6) is 0 Å². The van der Waals surface area contributed by atoms with E-state index in [1.54, 1.807) is 18.2 Å². The fourth-order valence-corrected chi connectivity index (χ4v) is 3.73. The van der Waals surface area contributed by atoms with Crippen molar-refractivity contribution >= 4 is 33.4 Å². The quantitative estimate of drug-likeness (QED) is 0.725. The zero-order valence-corrected chi connectivity index (χ0v) is 15.7. The first-order chi connectivity index (χ1) is 13.0. The summed E-state index contributed by atoms with van der Waals surface area (Å²) < 4.78 is 19.4. The van der Waals surface area contributed by atoms with Crippen LogP contribution >= 0.6 is 11.3 Å². The average molecular weight is 387 g/mol. The van der Waals surface area contributed by atoms with Crippen molar-refractivity contribution < 1.29 is 13.9 Å². The molecule has 1 N–H and O–H groups in total. The largest absolute Gasteiger partial charge is 0.378 e. The summed E-state index contributed by atoms with van der Waals surface area (Å²) in [7, 11) is 1.64. The van der Waals surface area contributed by atoms with Crippen molar-refractivity contribution in [3.05, 3.63) is 47.0 Å². The topological polar surface area (TPSA) is 80.2 Å². The third kappa shape index (κ3) is 3.47. The number of anilines is 1. The summed E-state index contributed by atoms with van der Waals surface area (Å²) in [6, 6.07) is 2.99. The highest BCUT2D eigenvalue weighted by molar-refractivity contribution is 7.17. The molecule has 3 aromatic heterocycles. The van der Waals surface area contributed by atoms with Crippen molar-refractivity contribution in [3.8, 4) is 0 Å². The van der Waals surface area contributed by atoms with E-state index in [0.29, 0.717) is 35.8 Å². The summed E-state index contributed by atoms with van der Waals surface area (Å²) in [5, 5.41) is 5.02. The lowest BCUT2D eigenvalue weighted by Crippen LogP contribution is -2.54. The molecule has 1 aliphatic heterocycles. The fourth-order valence-electron chi connectivity index (χ4n) is 2.92. The molecule has 0 radical (unpaired) electrons. The number of rotatable bonds is 5. The average Bonchev–Trinajstić information content (AvgIpc) is 3.08. The Labute approximate surface area is 159 Å². The zero-order chi connectivity index (χ0) is 19.0. The first-order valence-corrected chi connectivity index (χ1v) is 9.37. The lowest BCUT2D eigenvalue weighted by molar-refractivity contribution is -0.0193. The molecule has 7 nitrogen and oxygen atoms in total. The molecule has 4 heterocycles. The molecule has 1 amide bonds.